The highest BCUT2D eigenvalue weighted by atomic mass is 32.1. The molecule has 4 rings (SSSR count). The zero-order chi connectivity index (χ0) is 29.9. The van der Waals surface area contributed by atoms with Crippen molar-refractivity contribution < 1.29 is 23.5 Å². The van der Waals surface area contributed by atoms with Gasteiger partial charge in [0.1, 0.15) is 11.6 Å². The molecule has 0 radical (unpaired) electrons. The second-order valence-electron chi connectivity index (χ2n) is 10.7. The van der Waals surface area contributed by atoms with Crippen LogP contribution in [0.2, 0.25) is 0 Å². The molecule has 2 aromatic heterocycles. The molecule has 1 fully saturated rings. The maximum Gasteiger partial charge on any atom is 0.272 e. The number of benzene rings is 1. The molecule has 41 heavy (non-hydrogen) atoms. The van der Waals surface area contributed by atoms with Crippen molar-refractivity contribution in [3.05, 3.63) is 57.3 Å². The summed E-state index contributed by atoms with van der Waals surface area (Å²) in [5.41, 5.74) is 1.01. The van der Waals surface area contributed by atoms with Crippen molar-refractivity contribution >= 4 is 40.1 Å². The summed E-state index contributed by atoms with van der Waals surface area (Å²) in [6.07, 6.45) is 1.47. The van der Waals surface area contributed by atoms with E-state index in [1.54, 1.807) is 17.0 Å². The number of nitrogens with zero attached hydrogens (tertiary/aromatic N) is 4. The Balaban J connectivity index is 1.73. The highest BCUT2D eigenvalue weighted by Crippen LogP contribution is 2.33. The van der Waals surface area contributed by atoms with Crippen LogP contribution in [0.5, 0.6) is 0 Å². The number of thiophene rings is 1. The van der Waals surface area contributed by atoms with Gasteiger partial charge in [0, 0.05) is 13.1 Å². The number of likely N-dealkylation sites (tertiary alicyclic amines) is 1. The fraction of sp³-hybridized carbons (Fsp3) is 0.467. The van der Waals surface area contributed by atoms with Gasteiger partial charge in [-0.15, -0.1) is 11.3 Å². The third-order valence-electron chi connectivity index (χ3n) is 7.63. The Bertz CT molecular complexity index is 1500. The van der Waals surface area contributed by atoms with E-state index in [0.717, 1.165) is 17.8 Å². The first-order chi connectivity index (χ1) is 19.5. The lowest BCUT2D eigenvalue weighted by atomic mass is 9.88. The highest BCUT2D eigenvalue weighted by Gasteiger charge is 2.33. The van der Waals surface area contributed by atoms with Gasteiger partial charge in [-0.2, -0.15) is 5.26 Å². The Labute approximate surface area is 242 Å². The number of aliphatic hydroxyl groups is 1. The summed E-state index contributed by atoms with van der Waals surface area (Å²) in [7, 11) is 0. The normalized spacial score (nSPS) is 16.1. The number of hydrogen-bond donors (Lipinski definition) is 2. The molecular weight excluding hydrogens is 548 g/mol. The van der Waals surface area contributed by atoms with Crippen LogP contribution in [0.4, 0.5) is 14.7 Å². The summed E-state index contributed by atoms with van der Waals surface area (Å²) >= 11 is 0.719. The molecule has 1 aromatic carbocycles. The van der Waals surface area contributed by atoms with Crippen molar-refractivity contribution in [2.24, 2.45) is 5.92 Å². The number of nitriles is 1. The number of amides is 2. The van der Waals surface area contributed by atoms with Gasteiger partial charge in [-0.3, -0.25) is 14.9 Å². The van der Waals surface area contributed by atoms with Crippen LogP contribution in [0.25, 0.3) is 11.0 Å². The Morgan fingerprint density at radius 1 is 1.27 bits per heavy atom. The van der Waals surface area contributed by atoms with Gasteiger partial charge >= 0.3 is 0 Å². The molecule has 1 aliphatic rings. The summed E-state index contributed by atoms with van der Waals surface area (Å²) in [6.45, 7) is 8.43. The monoisotopic (exact) mass is 583 g/mol. The fourth-order valence-electron chi connectivity index (χ4n) is 5.26. The van der Waals surface area contributed by atoms with Crippen molar-refractivity contribution in [2.45, 2.75) is 78.0 Å². The van der Waals surface area contributed by atoms with E-state index in [0.29, 0.717) is 48.9 Å². The van der Waals surface area contributed by atoms with Crippen molar-refractivity contribution in [2.75, 3.05) is 11.9 Å². The molecular formula is C30H35F2N5O3S. The lowest BCUT2D eigenvalue weighted by Crippen LogP contribution is -2.39. The number of alkyl halides is 2. The zero-order valence-corrected chi connectivity index (χ0v) is 24.5. The second-order valence-corrected chi connectivity index (χ2v) is 11.8. The first-order valence-electron chi connectivity index (χ1n) is 13.9. The summed E-state index contributed by atoms with van der Waals surface area (Å²) < 4.78 is 28.1. The molecule has 0 saturated carbocycles. The number of halogens is 2. The van der Waals surface area contributed by atoms with E-state index >= 15 is 0 Å². The van der Waals surface area contributed by atoms with Crippen LogP contribution in [0.1, 0.15) is 79.9 Å². The molecule has 0 aliphatic carbocycles. The molecule has 2 amide bonds. The van der Waals surface area contributed by atoms with Crippen molar-refractivity contribution in [1.82, 2.24) is 14.5 Å². The SMILES string of the molecule is CCC(O)(CC)c1ccc2c(c1)nc(NC(=O)c1ccc(C(F)F)s1)n2CC1CCCN1C(=O)C(C#N)=CC(C)C. The minimum absolute atomic E-state index is 0.0379. The minimum atomic E-state index is -2.67. The van der Waals surface area contributed by atoms with E-state index in [-0.39, 0.29) is 39.1 Å². The molecule has 1 saturated heterocycles. The van der Waals surface area contributed by atoms with Crippen molar-refractivity contribution in [3.8, 4) is 6.07 Å². The van der Waals surface area contributed by atoms with Gasteiger partial charge in [-0.25, -0.2) is 13.8 Å². The molecule has 1 aliphatic heterocycles. The van der Waals surface area contributed by atoms with Gasteiger partial charge in [0.25, 0.3) is 18.2 Å². The largest absolute Gasteiger partial charge is 0.385 e. The van der Waals surface area contributed by atoms with E-state index in [2.05, 4.69) is 10.3 Å². The predicted molar refractivity (Wildman–Crippen MR) is 155 cm³/mol. The van der Waals surface area contributed by atoms with Gasteiger partial charge in [0.15, 0.2) is 0 Å². The standard InChI is InChI=1S/C30H35F2N5O3S/c1-5-30(40,6-2)20-9-10-23-22(15-20)34-29(35-27(38)25-12-11-24(41-25)26(31)32)37(23)17-21-8-7-13-36(21)28(39)19(16-33)14-18(3)4/h9-12,14-15,18,21,26,40H,5-8,13,17H2,1-4H3,(H,34,35,38). The van der Waals surface area contributed by atoms with Gasteiger partial charge in [-0.05, 0) is 61.4 Å². The minimum Gasteiger partial charge on any atom is -0.385 e. The lowest BCUT2D eigenvalue weighted by Gasteiger charge is -2.26. The molecule has 8 nitrogen and oxygen atoms in total. The van der Waals surface area contributed by atoms with Crippen LogP contribution >= 0.6 is 11.3 Å². The number of allylic oxidation sites excluding steroid dienone is 1. The van der Waals surface area contributed by atoms with Crippen LogP contribution in [0, 0.1) is 17.2 Å². The smallest absolute Gasteiger partial charge is 0.272 e. The number of aromatic nitrogens is 2. The molecule has 2 N–H and O–H groups in total. The Morgan fingerprint density at radius 3 is 2.61 bits per heavy atom. The molecule has 0 bridgehead atoms. The van der Waals surface area contributed by atoms with E-state index in [4.69, 9.17) is 0 Å². The predicted octanol–water partition coefficient (Wildman–Crippen LogP) is 6.39. The molecule has 1 unspecified atom stereocenters. The molecule has 3 heterocycles. The number of anilines is 1. The average Bonchev–Trinajstić information content (AvgIpc) is 3.70. The van der Waals surface area contributed by atoms with Crippen LogP contribution in [-0.4, -0.2) is 44.0 Å². The Morgan fingerprint density at radius 2 is 2.00 bits per heavy atom. The number of hydrogen-bond acceptors (Lipinski definition) is 6. The Hall–Kier alpha value is -3.62. The number of carbonyl (C=O) groups is 2. The van der Waals surface area contributed by atoms with E-state index < -0.39 is 17.9 Å². The maximum atomic E-state index is 13.3. The molecule has 0 spiro atoms. The number of fused-ring (bicyclic) bond motifs is 1. The Kier molecular flexibility index (Phi) is 9.24. The summed E-state index contributed by atoms with van der Waals surface area (Å²) in [4.78, 5) is 32.7. The van der Waals surface area contributed by atoms with Crippen LogP contribution < -0.4 is 5.32 Å². The molecule has 1 atom stereocenters. The zero-order valence-electron chi connectivity index (χ0n) is 23.7. The number of imidazole rings is 1. The lowest BCUT2D eigenvalue weighted by molar-refractivity contribution is -0.127. The van der Waals surface area contributed by atoms with E-state index in [1.165, 1.54) is 12.1 Å². The van der Waals surface area contributed by atoms with Gasteiger partial charge < -0.3 is 14.6 Å². The van der Waals surface area contributed by atoms with Crippen LogP contribution in [0.15, 0.2) is 42.0 Å². The number of rotatable bonds is 10. The summed E-state index contributed by atoms with van der Waals surface area (Å²) in [5.74, 6) is -0.641. The summed E-state index contributed by atoms with van der Waals surface area (Å²) in [6, 6.07) is 9.84. The van der Waals surface area contributed by atoms with E-state index in [1.807, 2.05) is 50.5 Å². The van der Waals surface area contributed by atoms with Crippen LogP contribution in [-0.2, 0) is 16.9 Å². The quantitative estimate of drug-likeness (QED) is 0.212. The summed E-state index contributed by atoms with van der Waals surface area (Å²) in [5, 5.41) is 23.5. The molecule has 11 heteroatoms. The third kappa shape index (κ3) is 6.34. The first-order valence-corrected chi connectivity index (χ1v) is 14.7. The van der Waals surface area contributed by atoms with E-state index in [9.17, 15) is 28.7 Å². The number of carbonyl (C=O) groups excluding carboxylic acids is 2. The van der Waals surface area contributed by atoms with Gasteiger partial charge in [0.05, 0.1) is 32.4 Å². The van der Waals surface area contributed by atoms with Gasteiger partial charge in [-0.1, -0.05) is 39.8 Å². The highest BCUT2D eigenvalue weighted by molar-refractivity contribution is 7.14. The average molecular weight is 584 g/mol. The van der Waals surface area contributed by atoms with Crippen molar-refractivity contribution in [1.29, 1.82) is 5.26 Å². The third-order valence-corrected chi connectivity index (χ3v) is 8.72. The van der Waals surface area contributed by atoms with Crippen LogP contribution in [0.3, 0.4) is 0 Å². The first kappa shape index (κ1) is 30.3. The number of nitrogens with one attached hydrogen (secondary N) is 1. The topological polar surface area (TPSA) is 111 Å². The molecule has 218 valence electrons. The second kappa shape index (κ2) is 12.5. The van der Waals surface area contributed by atoms with Crippen molar-refractivity contribution in [3.63, 3.8) is 0 Å². The van der Waals surface area contributed by atoms with Gasteiger partial charge in [0.2, 0.25) is 5.95 Å². The molecule has 3 aromatic rings. The fourth-order valence-corrected chi connectivity index (χ4v) is 6.02. The maximum absolute atomic E-state index is 13.3.